The first-order valence-corrected chi connectivity index (χ1v) is 7.56. The molecule has 114 valence electrons. The SMILES string of the molecule is NC1CCN2C(=O)C(Cc3c[nH]c4ccccc34)NC(=O)C12. The van der Waals surface area contributed by atoms with Gasteiger partial charge < -0.3 is 20.9 Å². The monoisotopic (exact) mass is 298 g/mol. The Hall–Kier alpha value is -2.34. The Kier molecular flexibility index (Phi) is 2.94. The second kappa shape index (κ2) is 4.84. The first-order valence-electron chi connectivity index (χ1n) is 7.56. The summed E-state index contributed by atoms with van der Waals surface area (Å²) in [6.45, 7) is 0.572. The standard InChI is InChI=1S/C16H18N4O2/c17-11-5-6-20-14(11)15(21)19-13(16(20)22)7-9-8-18-12-4-2-1-3-10(9)12/h1-4,8,11,13-14,18H,5-7,17H2,(H,19,21). The second-order valence-corrected chi connectivity index (χ2v) is 6.05. The van der Waals surface area contributed by atoms with Crippen LogP contribution in [0.1, 0.15) is 12.0 Å². The molecule has 2 aliphatic heterocycles. The molecule has 0 radical (unpaired) electrons. The van der Waals surface area contributed by atoms with Crippen LogP contribution < -0.4 is 11.1 Å². The number of para-hydroxylation sites is 1. The number of rotatable bonds is 2. The van der Waals surface area contributed by atoms with Crippen molar-refractivity contribution in [1.29, 1.82) is 0 Å². The molecule has 2 amide bonds. The van der Waals surface area contributed by atoms with Crippen LogP contribution in [0.3, 0.4) is 0 Å². The molecular formula is C16H18N4O2. The Bertz CT molecular complexity index is 753. The highest BCUT2D eigenvalue weighted by atomic mass is 16.2. The summed E-state index contributed by atoms with van der Waals surface area (Å²) >= 11 is 0. The third-order valence-electron chi connectivity index (χ3n) is 4.71. The number of hydrogen-bond acceptors (Lipinski definition) is 3. The molecule has 2 aliphatic rings. The van der Waals surface area contributed by atoms with E-state index in [0.29, 0.717) is 19.4 Å². The number of piperazine rings is 1. The third-order valence-corrected chi connectivity index (χ3v) is 4.71. The number of fused-ring (bicyclic) bond motifs is 2. The Balaban J connectivity index is 1.61. The zero-order valence-electron chi connectivity index (χ0n) is 12.1. The average Bonchev–Trinajstić information content (AvgIpc) is 3.09. The van der Waals surface area contributed by atoms with Gasteiger partial charge in [0.05, 0.1) is 0 Å². The molecule has 0 saturated carbocycles. The predicted molar refractivity (Wildman–Crippen MR) is 82.0 cm³/mol. The molecule has 3 atom stereocenters. The van der Waals surface area contributed by atoms with Gasteiger partial charge in [-0.05, 0) is 18.1 Å². The van der Waals surface area contributed by atoms with E-state index in [-0.39, 0.29) is 17.9 Å². The van der Waals surface area contributed by atoms with E-state index in [2.05, 4.69) is 10.3 Å². The zero-order valence-corrected chi connectivity index (χ0v) is 12.1. The van der Waals surface area contributed by atoms with E-state index in [0.717, 1.165) is 16.5 Å². The van der Waals surface area contributed by atoms with Crippen LogP contribution in [0.15, 0.2) is 30.5 Å². The summed E-state index contributed by atoms with van der Waals surface area (Å²) in [6, 6.07) is 6.70. The second-order valence-electron chi connectivity index (χ2n) is 6.05. The van der Waals surface area contributed by atoms with Gasteiger partial charge in [0.15, 0.2) is 0 Å². The summed E-state index contributed by atoms with van der Waals surface area (Å²) in [5, 5.41) is 3.93. The minimum absolute atomic E-state index is 0.0252. The molecule has 4 N–H and O–H groups in total. The quantitative estimate of drug-likeness (QED) is 0.736. The van der Waals surface area contributed by atoms with Crippen LogP contribution in [0.4, 0.5) is 0 Å². The normalized spacial score (nSPS) is 28.0. The van der Waals surface area contributed by atoms with Gasteiger partial charge in [-0.25, -0.2) is 0 Å². The number of aromatic amines is 1. The smallest absolute Gasteiger partial charge is 0.246 e. The third kappa shape index (κ3) is 1.91. The summed E-state index contributed by atoms with van der Waals surface area (Å²) in [5.41, 5.74) is 8.01. The lowest BCUT2D eigenvalue weighted by Gasteiger charge is -2.35. The lowest BCUT2D eigenvalue weighted by Crippen LogP contribution is -2.64. The number of carbonyl (C=O) groups excluding carboxylic acids is 2. The number of nitrogens with two attached hydrogens (primary N) is 1. The Morgan fingerprint density at radius 1 is 1.27 bits per heavy atom. The van der Waals surface area contributed by atoms with E-state index in [1.54, 1.807) is 4.90 Å². The molecule has 0 bridgehead atoms. The van der Waals surface area contributed by atoms with Gasteiger partial charge in [0.1, 0.15) is 12.1 Å². The molecule has 4 rings (SSSR count). The predicted octanol–water partition coefficient (Wildman–Crippen LogP) is 0.137. The highest BCUT2D eigenvalue weighted by Gasteiger charge is 2.46. The van der Waals surface area contributed by atoms with E-state index in [1.807, 2.05) is 30.5 Å². The minimum Gasteiger partial charge on any atom is -0.361 e. The van der Waals surface area contributed by atoms with E-state index in [4.69, 9.17) is 5.73 Å². The number of benzene rings is 1. The van der Waals surface area contributed by atoms with Crippen molar-refractivity contribution in [3.63, 3.8) is 0 Å². The topological polar surface area (TPSA) is 91.2 Å². The van der Waals surface area contributed by atoms with Crippen LogP contribution in [0, 0.1) is 0 Å². The number of amides is 2. The first-order chi connectivity index (χ1) is 10.6. The van der Waals surface area contributed by atoms with Crippen LogP contribution >= 0.6 is 0 Å². The number of H-pyrrole nitrogens is 1. The summed E-state index contributed by atoms with van der Waals surface area (Å²) in [5.74, 6) is -0.155. The van der Waals surface area contributed by atoms with Gasteiger partial charge in [0, 0.05) is 36.1 Å². The molecular weight excluding hydrogens is 280 g/mol. The largest absolute Gasteiger partial charge is 0.361 e. The van der Waals surface area contributed by atoms with E-state index in [9.17, 15) is 9.59 Å². The molecule has 2 fully saturated rings. The lowest BCUT2D eigenvalue weighted by molar-refractivity contribution is -0.147. The molecule has 2 saturated heterocycles. The molecule has 1 aromatic heterocycles. The van der Waals surface area contributed by atoms with Gasteiger partial charge in [0.2, 0.25) is 11.8 Å². The summed E-state index contributed by atoms with van der Waals surface area (Å²) < 4.78 is 0. The van der Waals surface area contributed by atoms with Gasteiger partial charge >= 0.3 is 0 Å². The molecule has 2 aromatic rings. The summed E-state index contributed by atoms with van der Waals surface area (Å²) in [4.78, 5) is 29.7. The van der Waals surface area contributed by atoms with Crippen LogP contribution in [-0.2, 0) is 16.0 Å². The molecule has 0 aliphatic carbocycles. The van der Waals surface area contributed by atoms with E-state index < -0.39 is 12.1 Å². The number of nitrogens with zero attached hydrogens (tertiary/aromatic N) is 1. The maximum absolute atomic E-state index is 12.6. The molecule has 6 heteroatoms. The van der Waals surface area contributed by atoms with Gasteiger partial charge in [-0.15, -0.1) is 0 Å². The number of carbonyl (C=O) groups is 2. The highest BCUT2D eigenvalue weighted by molar-refractivity contribution is 5.98. The minimum atomic E-state index is -0.506. The van der Waals surface area contributed by atoms with Crippen molar-refractivity contribution in [3.8, 4) is 0 Å². The van der Waals surface area contributed by atoms with Gasteiger partial charge in [-0.3, -0.25) is 9.59 Å². The van der Waals surface area contributed by atoms with E-state index >= 15 is 0 Å². The van der Waals surface area contributed by atoms with Gasteiger partial charge in [-0.2, -0.15) is 0 Å². The first kappa shape index (κ1) is 13.3. The fraction of sp³-hybridized carbons (Fsp3) is 0.375. The Labute approximate surface area is 127 Å². The fourth-order valence-corrected chi connectivity index (χ4v) is 3.58. The Morgan fingerprint density at radius 2 is 2.09 bits per heavy atom. The summed E-state index contributed by atoms with van der Waals surface area (Å²) in [6.07, 6.45) is 3.09. The van der Waals surface area contributed by atoms with E-state index in [1.165, 1.54) is 0 Å². The van der Waals surface area contributed by atoms with Crippen molar-refractivity contribution in [2.45, 2.75) is 31.0 Å². The maximum atomic E-state index is 12.6. The molecule has 1 aromatic carbocycles. The highest BCUT2D eigenvalue weighted by Crippen LogP contribution is 2.25. The van der Waals surface area contributed by atoms with Crippen molar-refractivity contribution < 1.29 is 9.59 Å². The van der Waals surface area contributed by atoms with Crippen molar-refractivity contribution in [2.24, 2.45) is 5.73 Å². The van der Waals surface area contributed by atoms with Crippen molar-refractivity contribution in [3.05, 3.63) is 36.0 Å². The Morgan fingerprint density at radius 3 is 2.95 bits per heavy atom. The van der Waals surface area contributed by atoms with Gasteiger partial charge in [0.25, 0.3) is 0 Å². The number of nitrogens with one attached hydrogen (secondary N) is 2. The zero-order chi connectivity index (χ0) is 15.3. The van der Waals surface area contributed by atoms with Crippen LogP contribution in [0.2, 0.25) is 0 Å². The summed E-state index contributed by atoms with van der Waals surface area (Å²) in [7, 11) is 0. The van der Waals surface area contributed by atoms with Crippen LogP contribution in [-0.4, -0.2) is 46.4 Å². The average molecular weight is 298 g/mol. The van der Waals surface area contributed by atoms with Crippen molar-refractivity contribution in [1.82, 2.24) is 15.2 Å². The molecule has 6 nitrogen and oxygen atoms in total. The number of hydrogen-bond donors (Lipinski definition) is 3. The van der Waals surface area contributed by atoms with Gasteiger partial charge in [-0.1, -0.05) is 18.2 Å². The molecule has 3 unspecified atom stereocenters. The van der Waals surface area contributed by atoms with Crippen molar-refractivity contribution >= 4 is 22.7 Å². The van der Waals surface area contributed by atoms with Crippen LogP contribution in [0.5, 0.6) is 0 Å². The molecule has 3 heterocycles. The molecule has 0 spiro atoms. The fourth-order valence-electron chi connectivity index (χ4n) is 3.58. The molecule has 22 heavy (non-hydrogen) atoms. The maximum Gasteiger partial charge on any atom is 0.246 e. The lowest BCUT2D eigenvalue weighted by atomic mass is 9.99. The number of aromatic nitrogens is 1. The van der Waals surface area contributed by atoms with Crippen molar-refractivity contribution in [2.75, 3.05) is 6.54 Å². The van der Waals surface area contributed by atoms with Crippen LogP contribution in [0.25, 0.3) is 10.9 Å².